The number of aromatic hydroxyl groups is 1. The van der Waals surface area contributed by atoms with Crippen molar-refractivity contribution in [2.75, 3.05) is 6.54 Å². The summed E-state index contributed by atoms with van der Waals surface area (Å²) in [4.78, 5) is 86.5. The van der Waals surface area contributed by atoms with E-state index in [2.05, 4.69) is 16.0 Å². The van der Waals surface area contributed by atoms with Gasteiger partial charge in [0.25, 0.3) is 0 Å². The van der Waals surface area contributed by atoms with Crippen LogP contribution >= 0.6 is 0 Å². The van der Waals surface area contributed by atoms with Crippen LogP contribution < -0.4 is 38.5 Å². The Bertz CT molecular complexity index is 1230. The molecule has 256 valence electrons. The first-order valence-electron chi connectivity index (χ1n) is 14.7. The Morgan fingerprint density at radius 1 is 0.761 bits per heavy atom. The zero-order chi connectivity index (χ0) is 35.0. The highest BCUT2D eigenvalue weighted by molar-refractivity contribution is 5.96. The van der Waals surface area contributed by atoms with E-state index in [9.17, 15) is 43.8 Å². The van der Waals surface area contributed by atoms with Gasteiger partial charge in [-0.15, -0.1) is 0 Å². The minimum Gasteiger partial charge on any atom is -0.508 e. The van der Waals surface area contributed by atoms with E-state index in [-0.39, 0.29) is 38.0 Å². The Kier molecular flexibility index (Phi) is 16.7. The lowest BCUT2D eigenvalue weighted by Gasteiger charge is -2.27. The number of phenols is 1. The lowest BCUT2D eigenvalue weighted by atomic mass is 10.00. The Morgan fingerprint density at radius 3 is 1.80 bits per heavy atom. The Morgan fingerprint density at radius 2 is 1.30 bits per heavy atom. The van der Waals surface area contributed by atoms with Gasteiger partial charge in [0.2, 0.25) is 29.5 Å². The SMILES string of the molecule is CC(C)[C@H](NC(=O)[C@@H](N)Cc1ccc(O)cc1)C(=O)N[C@@H](CCCCN)C(=O)N[C@@H](CCC(N)=O)C(=O)N[C@@H](CC(=O)O)C(=O)O. The summed E-state index contributed by atoms with van der Waals surface area (Å²) in [5.41, 5.74) is 17.5. The molecular formula is C29H45N7O10. The van der Waals surface area contributed by atoms with E-state index in [1.54, 1.807) is 26.0 Å². The molecule has 1 rings (SSSR count). The van der Waals surface area contributed by atoms with E-state index in [1.807, 2.05) is 5.32 Å². The summed E-state index contributed by atoms with van der Waals surface area (Å²) in [6.07, 6.45) is -0.637. The number of nitrogens with two attached hydrogens (primary N) is 3. The molecule has 0 radical (unpaired) electrons. The molecule has 0 aliphatic heterocycles. The molecule has 0 aliphatic rings. The summed E-state index contributed by atoms with van der Waals surface area (Å²) in [5.74, 6) is -7.65. The minimum absolute atomic E-state index is 0.0471. The van der Waals surface area contributed by atoms with Crippen molar-refractivity contribution < 1.29 is 48.9 Å². The third-order valence-electron chi connectivity index (χ3n) is 6.86. The molecule has 1 aromatic rings. The van der Waals surface area contributed by atoms with Gasteiger partial charge in [0.05, 0.1) is 12.5 Å². The van der Waals surface area contributed by atoms with Crippen molar-refractivity contribution in [3.63, 3.8) is 0 Å². The first-order chi connectivity index (χ1) is 21.5. The lowest BCUT2D eigenvalue weighted by molar-refractivity contribution is -0.147. The predicted molar refractivity (Wildman–Crippen MR) is 164 cm³/mol. The molecule has 17 nitrogen and oxygen atoms in total. The van der Waals surface area contributed by atoms with Crippen LogP contribution in [0.5, 0.6) is 5.75 Å². The van der Waals surface area contributed by atoms with Gasteiger partial charge in [0, 0.05) is 6.42 Å². The second kappa shape index (κ2) is 19.6. The number of hydrogen-bond acceptors (Lipinski definition) is 10. The largest absolute Gasteiger partial charge is 0.508 e. The molecule has 0 bridgehead atoms. The number of rotatable bonds is 21. The van der Waals surface area contributed by atoms with Crippen LogP contribution in [0.15, 0.2) is 24.3 Å². The average molecular weight is 652 g/mol. The molecule has 13 N–H and O–H groups in total. The topological polar surface area (TPSA) is 306 Å². The number of aliphatic carboxylic acids is 2. The second-order valence-electron chi connectivity index (χ2n) is 11.1. The third-order valence-corrected chi connectivity index (χ3v) is 6.86. The molecule has 0 aromatic heterocycles. The molecule has 0 unspecified atom stereocenters. The molecule has 0 fully saturated rings. The van der Waals surface area contributed by atoms with Gasteiger partial charge in [0.15, 0.2) is 0 Å². The van der Waals surface area contributed by atoms with Crippen LogP contribution in [-0.4, -0.2) is 93.5 Å². The fourth-order valence-corrected chi connectivity index (χ4v) is 4.27. The summed E-state index contributed by atoms with van der Waals surface area (Å²) in [6.45, 7) is 3.62. The molecule has 46 heavy (non-hydrogen) atoms. The van der Waals surface area contributed by atoms with E-state index in [1.165, 1.54) is 12.1 Å². The zero-order valence-corrected chi connectivity index (χ0v) is 25.9. The summed E-state index contributed by atoms with van der Waals surface area (Å²) >= 11 is 0. The van der Waals surface area contributed by atoms with Crippen molar-refractivity contribution >= 4 is 41.5 Å². The number of carboxylic acids is 2. The number of carbonyl (C=O) groups excluding carboxylic acids is 5. The van der Waals surface area contributed by atoms with Crippen LogP contribution in [0.25, 0.3) is 0 Å². The lowest BCUT2D eigenvalue weighted by Crippen LogP contribution is -2.59. The number of carboxylic acid groups (broad SMARTS) is 2. The van der Waals surface area contributed by atoms with Crippen molar-refractivity contribution in [1.29, 1.82) is 0 Å². The average Bonchev–Trinajstić information content (AvgIpc) is 2.97. The Hall–Kier alpha value is -4.77. The van der Waals surface area contributed by atoms with Crippen LogP contribution in [0.3, 0.4) is 0 Å². The fraction of sp³-hybridized carbons (Fsp3) is 0.552. The van der Waals surface area contributed by atoms with Crippen molar-refractivity contribution in [3.05, 3.63) is 29.8 Å². The molecule has 0 spiro atoms. The number of hydrogen-bond donors (Lipinski definition) is 10. The molecule has 0 aliphatic carbocycles. The number of amides is 5. The number of benzene rings is 1. The fourth-order valence-electron chi connectivity index (χ4n) is 4.27. The minimum atomic E-state index is -1.83. The Labute approximate surface area is 266 Å². The van der Waals surface area contributed by atoms with Gasteiger partial charge in [-0.2, -0.15) is 0 Å². The standard InChI is InChI=1S/C29H45N7O10/c1-15(2)24(36-25(41)18(31)13-16-6-8-17(37)9-7-16)28(44)34-19(5-3-4-12-30)26(42)33-20(10-11-22(32)38)27(43)35-21(29(45)46)14-23(39)40/h6-9,15,18-21,24,37H,3-5,10-14,30-31H2,1-2H3,(H2,32,38)(H,33,42)(H,34,44)(H,35,43)(H,36,41)(H,39,40)(H,45,46)/t18-,19-,20-,21-,24-/m0/s1. The number of nitrogens with one attached hydrogen (secondary N) is 4. The maximum absolute atomic E-state index is 13.4. The number of unbranched alkanes of at least 4 members (excludes halogenated alkanes) is 1. The molecule has 5 amide bonds. The predicted octanol–water partition coefficient (Wildman–Crippen LogP) is -2.19. The number of carbonyl (C=O) groups is 7. The molecule has 0 saturated carbocycles. The van der Waals surface area contributed by atoms with Crippen LogP contribution in [0.1, 0.15) is 57.9 Å². The van der Waals surface area contributed by atoms with Crippen LogP contribution in [-0.2, 0) is 40.0 Å². The zero-order valence-electron chi connectivity index (χ0n) is 25.9. The van der Waals surface area contributed by atoms with Crippen LogP contribution in [0.4, 0.5) is 0 Å². The quantitative estimate of drug-likeness (QED) is 0.0634. The van der Waals surface area contributed by atoms with Gasteiger partial charge in [-0.25, -0.2) is 4.79 Å². The van der Waals surface area contributed by atoms with E-state index in [4.69, 9.17) is 22.3 Å². The highest BCUT2D eigenvalue weighted by Gasteiger charge is 2.33. The van der Waals surface area contributed by atoms with Crippen molar-refractivity contribution in [2.24, 2.45) is 23.1 Å². The molecule has 1 aromatic carbocycles. The number of primary amides is 1. The number of phenolic OH excluding ortho intramolecular Hbond substituents is 1. The maximum Gasteiger partial charge on any atom is 0.326 e. The van der Waals surface area contributed by atoms with E-state index >= 15 is 0 Å². The normalized spacial score (nSPS) is 14.2. The van der Waals surface area contributed by atoms with Crippen molar-refractivity contribution in [1.82, 2.24) is 21.3 Å². The summed E-state index contributed by atoms with van der Waals surface area (Å²) in [7, 11) is 0. The monoisotopic (exact) mass is 651 g/mol. The summed E-state index contributed by atoms with van der Waals surface area (Å²) in [5, 5.41) is 37.3. The maximum atomic E-state index is 13.4. The van der Waals surface area contributed by atoms with Gasteiger partial charge >= 0.3 is 11.9 Å². The smallest absolute Gasteiger partial charge is 0.326 e. The van der Waals surface area contributed by atoms with E-state index < -0.39 is 84.0 Å². The van der Waals surface area contributed by atoms with E-state index in [0.29, 0.717) is 18.4 Å². The third kappa shape index (κ3) is 14.3. The van der Waals surface area contributed by atoms with Gasteiger partial charge in [-0.1, -0.05) is 26.0 Å². The highest BCUT2D eigenvalue weighted by atomic mass is 16.4. The molecule has 17 heteroatoms. The van der Waals surface area contributed by atoms with Gasteiger partial charge in [0.1, 0.15) is 29.9 Å². The first kappa shape index (κ1) is 39.3. The first-order valence-corrected chi connectivity index (χ1v) is 14.7. The van der Waals surface area contributed by atoms with E-state index in [0.717, 1.165) is 0 Å². The van der Waals surface area contributed by atoms with Crippen LogP contribution in [0.2, 0.25) is 0 Å². The molecule has 0 heterocycles. The van der Waals surface area contributed by atoms with Crippen molar-refractivity contribution in [2.45, 2.75) is 89.0 Å². The van der Waals surface area contributed by atoms with Crippen LogP contribution in [0, 0.1) is 5.92 Å². The molecule has 0 saturated heterocycles. The second-order valence-corrected chi connectivity index (χ2v) is 11.1. The van der Waals surface area contributed by atoms with Gasteiger partial charge in [-0.3, -0.25) is 28.8 Å². The Balaban J connectivity index is 3.12. The van der Waals surface area contributed by atoms with Crippen molar-refractivity contribution in [3.8, 4) is 5.75 Å². The summed E-state index contributed by atoms with van der Waals surface area (Å²) in [6, 6.07) is -0.647. The molecule has 5 atom stereocenters. The van der Waals surface area contributed by atoms with Gasteiger partial charge in [-0.05, 0) is 62.3 Å². The summed E-state index contributed by atoms with van der Waals surface area (Å²) < 4.78 is 0. The highest BCUT2D eigenvalue weighted by Crippen LogP contribution is 2.12. The van der Waals surface area contributed by atoms with Gasteiger partial charge < -0.3 is 53.8 Å². The molecular weight excluding hydrogens is 606 g/mol.